The minimum atomic E-state index is -3.12. The van der Waals surface area contributed by atoms with Crippen molar-refractivity contribution in [1.29, 1.82) is 0 Å². The maximum atomic E-state index is 11.5. The number of nitrogens with two attached hydrogens (primary N) is 1. The fraction of sp³-hybridized carbons (Fsp3) is 0.818. The highest BCUT2D eigenvalue weighted by atomic mass is 32.2. The highest BCUT2D eigenvalue weighted by Gasteiger charge is 2.23. The van der Waals surface area contributed by atoms with E-state index in [9.17, 15) is 18.0 Å². The van der Waals surface area contributed by atoms with Crippen molar-refractivity contribution < 1.29 is 18.0 Å². The molecule has 110 valence electrons. The van der Waals surface area contributed by atoms with Crippen LogP contribution in [0.3, 0.4) is 0 Å². The lowest BCUT2D eigenvalue weighted by Gasteiger charge is -2.11. The van der Waals surface area contributed by atoms with Crippen LogP contribution >= 0.6 is 0 Å². The fourth-order valence-electron chi connectivity index (χ4n) is 1.43. The minimum absolute atomic E-state index is 0.0823. The minimum Gasteiger partial charge on any atom is -0.354 e. The SMILES string of the molecule is CS(=O)(=O)CCC(N)C(=O)NCCC(=O)NC1CC1. The summed E-state index contributed by atoms with van der Waals surface area (Å²) in [5, 5.41) is 5.32. The lowest BCUT2D eigenvalue weighted by molar-refractivity contribution is -0.123. The van der Waals surface area contributed by atoms with Gasteiger partial charge >= 0.3 is 0 Å². The highest BCUT2D eigenvalue weighted by Crippen LogP contribution is 2.18. The first-order chi connectivity index (χ1) is 8.78. The van der Waals surface area contributed by atoms with Gasteiger partial charge in [0.1, 0.15) is 9.84 Å². The number of carbonyl (C=O) groups excluding carboxylic acids is 2. The predicted octanol–water partition coefficient (Wildman–Crippen LogP) is -1.47. The molecule has 0 bridgehead atoms. The van der Waals surface area contributed by atoms with Crippen molar-refractivity contribution in [1.82, 2.24) is 10.6 Å². The molecule has 1 rings (SSSR count). The van der Waals surface area contributed by atoms with Gasteiger partial charge in [0.05, 0.1) is 11.8 Å². The van der Waals surface area contributed by atoms with Crippen molar-refractivity contribution in [3.05, 3.63) is 0 Å². The van der Waals surface area contributed by atoms with Gasteiger partial charge in [-0.05, 0) is 19.3 Å². The number of hydrogen-bond donors (Lipinski definition) is 3. The molecule has 1 aliphatic carbocycles. The molecule has 19 heavy (non-hydrogen) atoms. The molecule has 0 aromatic heterocycles. The second-order valence-corrected chi connectivity index (χ2v) is 7.17. The smallest absolute Gasteiger partial charge is 0.236 e. The average Bonchev–Trinajstić information content (AvgIpc) is 3.08. The summed E-state index contributed by atoms with van der Waals surface area (Å²) < 4.78 is 21.9. The number of rotatable bonds is 8. The maximum Gasteiger partial charge on any atom is 0.236 e. The summed E-state index contributed by atoms with van der Waals surface area (Å²) in [4.78, 5) is 22.8. The number of hydrogen-bond acceptors (Lipinski definition) is 5. The highest BCUT2D eigenvalue weighted by molar-refractivity contribution is 7.90. The topological polar surface area (TPSA) is 118 Å². The molecule has 4 N–H and O–H groups in total. The molecule has 1 saturated carbocycles. The zero-order valence-electron chi connectivity index (χ0n) is 11.0. The molecule has 1 fully saturated rings. The quantitative estimate of drug-likeness (QED) is 0.505. The average molecular weight is 291 g/mol. The van der Waals surface area contributed by atoms with Gasteiger partial charge in [0.15, 0.2) is 0 Å². The summed E-state index contributed by atoms with van der Waals surface area (Å²) in [7, 11) is -3.12. The first kappa shape index (κ1) is 15.9. The van der Waals surface area contributed by atoms with E-state index in [1.54, 1.807) is 0 Å². The summed E-state index contributed by atoms with van der Waals surface area (Å²) in [5.41, 5.74) is 5.55. The van der Waals surface area contributed by atoms with Gasteiger partial charge < -0.3 is 16.4 Å². The third kappa shape index (κ3) is 7.78. The van der Waals surface area contributed by atoms with Crippen molar-refractivity contribution in [2.45, 2.75) is 37.8 Å². The van der Waals surface area contributed by atoms with E-state index >= 15 is 0 Å². The molecule has 1 aliphatic rings. The Kier molecular flexibility index (Phi) is 5.74. The zero-order valence-corrected chi connectivity index (χ0v) is 11.8. The molecule has 0 saturated heterocycles. The van der Waals surface area contributed by atoms with Crippen molar-refractivity contribution in [2.75, 3.05) is 18.6 Å². The predicted molar refractivity (Wildman–Crippen MR) is 71.1 cm³/mol. The van der Waals surface area contributed by atoms with Crippen LogP contribution in [0.1, 0.15) is 25.7 Å². The van der Waals surface area contributed by atoms with Crippen LogP contribution in [0.25, 0.3) is 0 Å². The van der Waals surface area contributed by atoms with Crippen molar-refractivity contribution in [3.8, 4) is 0 Å². The Morgan fingerprint density at radius 1 is 1.37 bits per heavy atom. The summed E-state index contributed by atoms with van der Waals surface area (Å²) >= 11 is 0. The molecule has 0 aliphatic heterocycles. The molecule has 0 aromatic rings. The molecule has 0 aromatic carbocycles. The number of carbonyl (C=O) groups is 2. The van der Waals surface area contributed by atoms with Crippen LogP contribution in [0.4, 0.5) is 0 Å². The van der Waals surface area contributed by atoms with Gasteiger partial charge in [-0.3, -0.25) is 9.59 Å². The van der Waals surface area contributed by atoms with Gasteiger partial charge in [-0.2, -0.15) is 0 Å². The monoisotopic (exact) mass is 291 g/mol. The summed E-state index contributed by atoms with van der Waals surface area (Å²) in [6.07, 6.45) is 3.43. The second-order valence-electron chi connectivity index (χ2n) is 4.91. The van der Waals surface area contributed by atoms with Crippen LogP contribution in [0.5, 0.6) is 0 Å². The van der Waals surface area contributed by atoms with Gasteiger partial charge in [0, 0.05) is 25.3 Å². The Labute approximate surface area is 113 Å². The van der Waals surface area contributed by atoms with E-state index in [0.29, 0.717) is 6.04 Å². The number of sulfone groups is 1. The Hall–Kier alpha value is -1.15. The van der Waals surface area contributed by atoms with Crippen molar-refractivity contribution in [2.24, 2.45) is 5.73 Å². The molecule has 0 spiro atoms. The fourth-order valence-corrected chi connectivity index (χ4v) is 2.11. The summed E-state index contributed by atoms with van der Waals surface area (Å²) in [6.45, 7) is 0.212. The van der Waals surface area contributed by atoms with Crippen LogP contribution < -0.4 is 16.4 Å². The van der Waals surface area contributed by atoms with E-state index in [-0.39, 0.29) is 31.0 Å². The van der Waals surface area contributed by atoms with Crippen LogP contribution in [-0.2, 0) is 19.4 Å². The Balaban J connectivity index is 2.13. The molecule has 1 unspecified atom stereocenters. The lowest BCUT2D eigenvalue weighted by atomic mass is 10.2. The van der Waals surface area contributed by atoms with Gasteiger partial charge in [0.25, 0.3) is 0 Å². The molecule has 7 nitrogen and oxygen atoms in total. The van der Waals surface area contributed by atoms with Crippen molar-refractivity contribution in [3.63, 3.8) is 0 Å². The lowest BCUT2D eigenvalue weighted by Crippen LogP contribution is -2.42. The van der Waals surface area contributed by atoms with Crippen LogP contribution in [0.15, 0.2) is 0 Å². The van der Waals surface area contributed by atoms with E-state index < -0.39 is 21.8 Å². The Morgan fingerprint density at radius 2 is 2.00 bits per heavy atom. The maximum absolute atomic E-state index is 11.5. The first-order valence-corrected chi connectivity index (χ1v) is 8.34. The molecule has 1 atom stereocenters. The van der Waals surface area contributed by atoms with E-state index in [4.69, 9.17) is 5.73 Å². The van der Waals surface area contributed by atoms with Crippen LogP contribution in [0, 0.1) is 0 Å². The third-order valence-electron chi connectivity index (χ3n) is 2.73. The van der Waals surface area contributed by atoms with Gasteiger partial charge in [-0.25, -0.2) is 8.42 Å². The molecular weight excluding hydrogens is 270 g/mol. The largest absolute Gasteiger partial charge is 0.354 e. The number of amides is 2. The molecule has 0 heterocycles. The number of nitrogens with one attached hydrogen (secondary N) is 2. The standard InChI is InChI=1S/C11H21N3O4S/c1-19(17,18)7-5-9(12)11(16)13-6-4-10(15)14-8-2-3-8/h8-9H,2-7,12H2,1H3,(H,13,16)(H,14,15). The van der Waals surface area contributed by atoms with E-state index in [2.05, 4.69) is 10.6 Å². The zero-order chi connectivity index (χ0) is 14.5. The van der Waals surface area contributed by atoms with Gasteiger partial charge in [0.2, 0.25) is 11.8 Å². The summed E-state index contributed by atoms with van der Waals surface area (Å²) in [6, 6.07) is -0.554. The van der Waals surface area contributed by atoms with Crippen molar-refractivity contribution >= 4 is 21.7 Å². The molecule has 2 amide bonds. The van der Waals surface area contributed by atoms with Gasteiger partial charge in [-0.1, -0.05) is 0 Å². The van der Waals surface area contributed by atoms with E-state index in [0.717, 1.165) is 19.1 Å². The molecular formula is C11H21N3O4S. The van der Waals surface area contributed by atoms with Gasteiger partial charge in [-0.15, -0.1) is 0 Å². The van der Waals surface area contributed by atoms with E-state index in [1.165, 1.54) is 0 Å². The van der Waals surface area contributed by atoms with E-state index in [1.807, 2.05) is 0 Å². The third-order valence-corrected chi connectivity index (χ3v) is 3.71. The second kappa shape index (κ2) is 6.85. The molecule has 8 heteroatoms. The Bertz CT molecular complexity index is 431. The first-order valence-electron chi connectivity index (χ1n) is 6.28. The molecule has 0 radical (unpaired) electrons. The Morgan fingerprint density at radius 3 is 2.53 bits per heavy atom. The normalized spacial score (nSPS) is 16.7. The van der Waals surface area contributed by atoms with Crippen LogP contribution in [0.2, 0.25) is 0 Å². The van der Waals surface area contributed by atoms with Crippen LogP contribution in [-0.4, -0.2) is 50.9 Å². The summed E-state index contributed by atoms with van der Waals surface area (Å²) in [5.74, 6) is -0.639.